The fourth-order valence-corrected chi connectivity index (χ4v) is 5.02. The molecule has 0 unspecified atom stereocenters. The van der Waals surface area contributed by atoms with Crippen molar-refractivity contribution in [3.63, 3.8) is 0 Å². The quantitative estimate of drug-likeness (QED) is 0.195. The summed E-state index contributed by atoms with van der Waals surface area (Å²) in [5, 5.41) is 12.6. The Hall–Kier alpha value is -3.90. The second-order valence-corrected chi connectivity index (χ2v) is 10.6. The van der Waals surface area contributed by atoms with E-state index in [1.54, 1.807) is 24.3 Å². The van der Waals surface area contributed by atoms with Crippen LogP contribution in [0, 0.1) is 0 Å². The van der Waals surface area contributed by atoms with Gasteiger partial charge in [0.05, 0.1) is 6.04 Å². The molecule has 0 saturated heterocycles. The number of hydrogen-bond donors (Lipinski definition) is 2. The second kappa shape index (κ2) is 13.3. The van der Waals surface area contributed by atoms with E-state index in [9.17, 15) is 14.7 Å². The first-order valence-electron chi connectivity index (χ1n) is 13.1. The lowest BCUT2D eigenvalue weighted by molar-refractivity contribution is -0.132. The van der Waals surface area contributed by atoms with Gasteiger partial charge < -0.3 is 15.3 Å². The number of anilines is 1. The van der Waals surface area contributed by atoms with E-state index in [2.05, 4.69) is 50.9 Å². The van der Waals surface area contributed by atoms with Crippen molar-refractivity contribution in [3.05, 3.63) is 135 Å². The lowest BCUT2D eigenvalue weighted by Gasteiger charge is -2.32. The monoisotopic (exact) mass is 584 g/mol. The van der Waals surface area contributed by atoms with Crippen LogP contribution in [0.5, 0.6) is 0 Å². The van der Waals surface area contributed by atoms with Crippen LogP contribution in [0.2, 0.25) is 0 Å². The topological polar surface area (TPSA) is 69.6 Å². The molecule has 0 spiro atoms. The highest BCUT2D eigenvalue weighted by Crippen LogP contribution is 2.30. The summed E-state index contributed by atoms with van der Waals surface area (Å²) < 4.78 is 1.01. The Morgan fingerprint density at radius 1 is 1.05 bits per heavy atom. The molecule has 3 aromatic rings. The van der Waals surface area contributed by atoms with Gasteiger partial charge in [0.1, 0.15) is 0 Å². The summed E-state index contributed by atoms with van der Waals surface area (Å²) in [6.45, 7) is 7.30. The Morgan fingerprint density at radius 3 is 2.46 bits per heavy atom. The van der Waals surface area contributed by atoms with Gasteiger partial charge >= 0.3 is 5.97 Å². The molecule has 39 heavy (non-hydrogen) atoms. The molecule has 1 amide bonds. The van der Waals surface area contributed by atoms with E-state index in [-0.39, 0.29) is 11.9 Å². The van der Waals surface area contributed by atoms with Crippen LogP contribution in [0.4, 0.5) is 5.69 Å². The minimum absolute atomic E-state index is 0.0734. The fraction of sp³-hybridized carbons (Fsp3) is 0.212. The number of nitrogens with zero attached hydrogens (tertiary/aromatic N) is 1. The van der Waals surface area contributed by atoms with Gasteiger partial charge in [-0.3, -0.25) is 4.79 Å². The van der Waals surface area contributed by atoms with E-state index >= 15 is 0 Å². The number of nitrogens with one attached hydrogen (secondary N) is 1. The van der Waals surface area contributed by atoms with Gasteiger partial charge in [0.15, 0.2) is 0 Å². The van der Waals surface area contributed by atoms with Crippen molar-refractivity contribution in [1.29, 1.82) is 0 Å². The highest BCUT2D eigenvalue weighted by molar-refractivity contribution is 9.10. The summed E-state index contributed by atoms with van der Waals surface area (Å²) in [4.78, 5) is 26.9. The molecule has 0 fully saturated rings. The Morgan fingerprint density at radius 2 is 1.77 bits per heavy atom. The fourth-order valence-electron chi connectivity index (χ4n) is 4.75. The van der Waals surface area contributed by atoms with E-state index in [1.165, 1.54) is 5.56 Å². The van der Waals surface area contributed by atoms with Crippen LogP contribution in [0.1, 0.15) is 52.0 Å². The number of carbonyl (C=O) groups is 2. The minimum atomic E-state index is -0.923. The Balaban J connectivity index is 1.41. The van der Waals surface area contributed by atoms with Crippen molar-refractivity contribution in [2.24, 2.45) is 0 Å². The first-order chi connectivity index (χ1) is 18.8. The van der Waals surface area contributed by atoms with Crippen LogP contribution in [0.3, 0.4) is 0 Å². The number of rotatable bonds is 10. The number of allylic oxidation sites excluding steroid dienone is 4. The first-order valence-corrected chi connectivity index (χ1v) is 13.9. The number of hydrogen-bond acceptors (Lipinski definition) is 3. The van der Waals surface area contributed by atoms with Crippen molar-refractivity contribution in [1.82, 2.24) is 5.32 Å². The van der Waals surface area contributed by atoms with Crippen LogP contribution in [0.25, 0.3) is 0 Å². The van der Waals surface area contributed by atoms with Crippen molar-refractivity contribution in [3.8, 4) is 0 Å². The third kappa shape index (κ3) is 7.58. The highest BCUT2D eigenvalue weighted by atomic mass is 79.9. The summed E-state index contributed by atoms with van der Waals surface area (Å²) >= 11 is 3.45. The predicted octanol–water partition coefficient (Wildman–Crippen LogP) is 7.19. The maximum atomic E-state index is 13.0. The van der Waals surface area contributed by atoms with Crippen LogP contribution in [0.15, 0.2) is 108 Å². The van der Waals surface area contributed by atoms with Crippen molar-refractivity contribution >= 4 is 33.5 Å². The molecule has 4 rings (SSSR count). The molecule has 1 heterocycles. The third-order valence-corrected chi connectivity index (χ3v) is 7.41. The van der Waals surface area contributed by atoms with Gasteiger partial charge in [-0.25, -0.2) is 4.79 Å². The molecule has 0 aliphatic carbocycles. The van der Waals surface area contributed by atoms with Crippen molar-refractivity contribution < 1.29 is 14.7 Å². The zero-order valence-corrected chi connectivity index (χ0v) is 23.7. The molecule has 1 aliphatic rings. The molecule has 1 atom stereocenters. The number of amides is 1. The molecule has 200 valence electrons. The molecular formula is C33H33BrN2O3. The zero-order valence-electron chi connectivity index (χ0n) is 22.1. The molecule has 2 N–H and O–H groups in total. The Labute approximate surface area is 238 Å². The number of benzene rings is 3. The maximum absolute atomic E-state index is 13.0. The first kappa shape index (κ1) is 28.1. The minimum Gasteiger partial charge on any atom is -0.478 e. The molecule has 5 nitrogen and oxygen atoms in total. The second-order valence-electron chi connectivity index (χ2n) is 9.73. The summed E-state index contributed by atoms with van der Waals surface area (Å²) in [7, 11) is 0. The number of halogens is 1. The zero-order chi connectivity index (χ0) is 27.8. The van der Waals surface area contributed by atoms with Gasteiger partial charge in [0.25, 0.3) is 5.91 Å². The molecular weight excluding hydrogens is 552 g/mol. The summed E-state index contributed by atoms with van der Waals surface area (Å²) in [6.07, 6.45) is 8.95. The Kier molecular flexibility index (Phi) is 9.55. The van der Waals surface area contributed by atoms with Crippen LogP contribution in [-0.4, -0.2) is 23.5 Å². The van der Waals surface area contributed by atoms with E-state index < -0.39 is 5.97 Å². The van der Waals surface area contributed by atoms with Crippen LogP contribution < -0.4 is 10.2 Å². The standard InChI is InChI=1S/C33H33BrN2O3/c1-3-4-5-7-29(33(38)39)20-24-9-11-25(12-10-24)22-36-19-6-8-27-21-28(15-18-31(27)36)32(37)35-23(2)26-13-16-30(34)17-14-26/h3-5,7,9-18,21,23H,1,6,8,19-20,22H2,2H3,(H,35,37)(H,38,39)/b5-4-,29-7+/t23-/m0/s1. The lowest BCUT2D eigenvalue weighted by Crippen LogP contribution is -2.30. The number of aliphatic carboxylic acids is 1. The molecule has 6 heteroatoms. The summed E-state index contributed by atoms with van der Waals surface area (Å²) in [5.41, 5.74) is 6.52. The van der Waals surface area contributed by atoms with Gasteiger partial charge in [0.2, 0.25) is 0 Å². The lowest BCUT2D eigenvalue weighted by atomic mass is 9.97. The van der Waals surface area contributed by atoms with Gasteiger partial charge in [0, 0.05) is 40.8 Å². The molecule has 0 aromatic heterocycles. The molecule has 3 aromatic carbocycles. The third-order valence-electron chi connectivity index (χ3n) is 6.88. The van der Waals surface area contributed by atoms with Crippen LogP contribution in [-0.2, 0) is 24.2 Å². The van der Waals surface area contributed by atoms with Gasteiger partial charge in [-0.1, -0.05) is 83.2 Å². The van der Waals surface area contributed by atoms with E-state index in [4.69, 9.17) is 0 Å². The SMILES string of the molecule is C=C/C=C\C=C(/Cc1ccc(CN2CCCc3cc(C(=O)N[C@@H](C)c4ccc(Br)cc4)ccc32)cc1)C(=O)O. The van der Waals surface area contributed by atoms with Crippen molar-refractivity contribution in [2.75, 3.05) is 11.4 Å². The Bertz CT molecular complexity index is 1390. The average molecular weight is 586 g/mol. The summed E-state index contributed by atoms with van der Waals surface area (Å²) in [5.74, 6) is -0.996. The summed E-state index contributed by atoms with van der Waals surface area (Å²) in [6, 6.07) is 22.0. The highest BCUT2D eigenvalue weighted by Gasteiger charge is 2.20. The number of carboxylic acids is 1. The van der Waals surface area contributed by atoms with Gasteiger partial charge in [-0.2, -0.15) is 0 Å². The smallest absolute Gasteiger partial charge is 0.331 e. The average Bonchev–Trinajstić information content (AvgIpc) is 2.93. The van der Waals surface area contributed by atoms with E-state index in [0.717, 1.165) is 52.8 Å². The largest absolute Gasteiger partial charge is 0.478 e. The van der Waals surface area contributed by atoms with Crippen LogP contribution >= 0.6 is 15.9 Å². The molecule has 0 saturated carbocycles. The number of fused-ring (bicyclic) bond motifs is 1. The maximum Gasteiger partial charge on any atom is 0.331 e. The van der Waals surface area contributed by atoms with Crippen molar-refractivity contribution in [2.45, 2.75) is 38.8 Å². The number of aryl methyl sites for hydroxylation is 1. The van der Waals surface area contributed by atoms with Gasteiger partial charge in [-0.05, 0) is 72.4 Å². The number of carboxylic acid groups (broad SMARTS) is 1. The number of carbonyl (C=O) groups excluding carboxylic acids is 1. The van der Waals surface area contributed by atoms with E-state index in [1.807, 2.05) is 55.5 Å². The normalized spacial score (nSPS) is 14.1. The molecule has 1 aliphatic heterocycles. The molecule has 0 bridgehead atoms. The van der Waals surface area contributed by atoms with E-state index in [0.29, 0.717) is 17.6 Å². The van der Waals surface area contributed by atoms with Gasteiger partial charge in [-0.15, -0.1) is 0 Å². The molecule has 0 radical (unpaired) electrons. The predicted molar refractivity (Wildman–Crippen MR) is 161 cm³/mol.